The molecule has 0 fully saturated rings. The van der Waals surface area contributed by atoms with E-state index in [-0.39, 0.29) is 31.1 Å². The Morgan fingerprint density at radius 1 is 0.356 bits per heavy atom. The molecule has 0 heterocycles. The molecule has 0 aliphatic rings. The molecule has 0 aromatic carbocycles. The third kappa shape index (κ3) is 46.0. The summed E-state index contributed by atoms with van der Waals surface area (Å²) in [6.45, 7) is 6.45. The molecule has 6 heteroatoms. The fraction of sp³-hybridized carbons (Fsp3) is 0.755. The van der Waals surface area contributed by atoms with Gasteiger partial charge in [-0.05, 0) is 96.3 Å². The van der Waals surface area contributed by atoms with Gasteiger partial charge < -0.3 is 14.2 Å². The normalized spacial score (nSPS) is 12.5. The van der Waals surface area contributed by atoms with Gasteiger partial charge in [0.15, 0.2) is 6.10 Å². The first-order valence-electron chi connectivity index (χ1n) is 24.8. The molecule has 0 radical (unpaired) electrons. The molecule has 0 aliphatic carbocycles. The highest BCUT2D eigenvalue weighted by molar-refractivity contribution is 5.71. The van der Waals surface area contributed by atoms with Crippen molar-refractivity contribution in [2.24, 2.45) is 0 Å². The highest BCUT2D eigenvalue weighted by Gasteiger charge is 2.19. The van der Waals surface area contributed by atoms with Crippen LogP contribution in [0.3, 0.4) is 0 Å². The smallest absolute Gasteiger partial charge is 0.306 e. The van der Waals surface area contributed by atoms with E-state index in [1.807, 2.05) is 0 Å². The number of unbranched alkanes of at least 4 members (excludes halogenated alkanes) is 23. The molecule has 0 saturated carbocycles. The third-order valence-corrected chi connectivity index (χ3v) is 10.5. The molecular formula is C53H92O6. The van der Waals surface area contributed by atoms with Crippen molar-refractivity contribution in [1.82, 2.24) is 0 Å². The summed E-state index contributed by atoms with van der Waals surface area (Å²) in [4.78, 5) is 37.9. The monoisotopic (exact) mass is 825 g/mol. The minimum absolute atomic E-state index is 0.0877. The summed E-state index contributed by atoms with van der Waals surface area (Å²) in [5.74, 6) is -0.922. The number of carbonyl (C=O) groups excluding carboxylic acids is 3. The molecule has 6 nitrogen and oxygen atoms in total. The fourth-order valence-corrected chi connectivity index (χ4v) is 6.73. The zero-order valence-corrected chi connectivity index (χ0v) is 38.8. The van der Waals surface area contributed by atoms with Crippen molar-refractivity contribution in [3.8, 4) is 0 Å². The Morgan fingerprint density at radius 2 is 0.678 bits per heavy atom. The molecule has 0 rings (SSSR count). The lowest BCUT2D eigenvalue weighted by atomic mass is 10.1. The number of allylic oxidation sites excluding steroid dienone is 10. The predicted molar refractivity (Wildman–Crippen MR) is 251 cm³/mol. The molecule has 59 heavy (non-hydrogen) atoms. The number of hydrogen-bond donors (Lipinski definition) is 0. The number of carbonyl (C=O) groups is 3. The van der Waals surface area contributed by atoms with E-state index in [1.54, 1.807) is 0 Å². The Morgan fingerprint density at radius 3 is 1.10 bits per heavy atom. The number of esters is 3. The molecule has 340 valence electrons. The Hall–Kier alpha value is -2.89. The van der Waals surface area contributed by atoms with E-state index in [1.165, 1.54) is 83.5 Å². The Labute approximate surface area is 364 Å². The van der Waals surface area contributed by atoms with Crippen molar-refractivity contribution in [2.75, 3.05) is 13.2 Å². The van der Waals surface area contributed by atoms with E-state index in [2.05, 4.69) is 81.5 Å². The summed E-state index contributed by atoms with van der Waals surface area (Å²) in [5.41, 5.74) is 0. The van der Waals surface area contributed by atoms with Gasteiger partial charge in [0.1, 0.15) is 13.2 Å². The van der Waals surface area contributed by atoms with Gasteiger partial charge in [0.25, 0.3) is 0 Å². The van der Waals surface area contributed by atoms with Crippen LogP contribution in [-0.2, 0) is 28.6 Å². The van der Waals surface area contributed by atoms with Gasteiger partial charge in [0.05, 0.1) is 0 Å². The van der Waals surface area contributed by atoms with Crippen LogP contribution in [0.15, 0.2) is 60.8 Å². The summed E-state index contributed by atoms with van der Waals surface area (Å²) >= 11 is 0. The van der Waals surface area contributed by atoms with Crippen molar-refractivity contribution in [2.45, 2.75) is 245 Å². The van der Waals surface area contributed by atoms with Crippen LogP contribution in [0.4, 0.5) is 0 Å². The van der Waals surface area contributed by atoms with Crippen LogP contribution < -0.4 is 0 Å². The lowest BCUT2D eigenvalue weighted by molar-refractivity contribution is -0.167. The standard InChI is InChI=1S/C53H92O6/c1-4-7-10-13-16-19-22-24-26-28-31-34-37-40-43-46-52(55)58-49-50(48-57-51(54)45-42-39-36-33-30-21-18-15-12-9-6-3)59-53(56)47-44-41-38-35-32-29-27-25-23-20-17-14-11-8-5-2/h7,10,15-16,18-19,24-27,50H,4-6,8-9,11-14,17,20-23,28-49H2,1-3H3/b10-7-,18-15-,19-16-,26-24-,27-25-/t50-/m1/s1. The fourth-order valence-electron chi connectivity index (χ4n) is 6.73. The molecule has 0 saturated heterocycles. The molecule has 1 atom stereocenters. The van der Waals surface area contributed by atoms with Gasteiger partial charge >= 0.3 is 17.9 Å². The SMILES string of the molecule is CC/C=C\C/C=C\C/C=C\CCCCCCCC(=O)OC[C@@H](COC(=O)CCCCCCC/C=C\CCCC)OC(=O)CCCCCCC/C=C\CCCCCCCC. The van der Waals surface area contributed by atoms with Crippen LogP contribution in [0.25, 0.3) is 0 Å². The van der Waals surface area contributed by atoms with Crippen molar-refractivity contribution in [3.05, 3.63) is 60.8 Å². The number of hydrogen-bond acceptors (Lipinski definition) is 6. The first kappa shape index (κ1) is 56.1. The first-order chi connectivity index (χ1) is 29.0. The van der Waals surface area contributed by atoms with Crippen LogP contribution >= 0.6 is 0 Å². The molecule has 0 aromatic heterocycles. The van der Waals surface area contributed by atoms with E-state index >= 15 is 0 Å². The Balaban J connectivity index is 4.42. The highest BCUT2D eigenvalue weighted by atomic mass is 16.6. The van der Waals surface area contributed by atoms with E-state index in [0.717, 1.165) is 116 Å². The number of ether oxygens (including phenoxy) is 3. The highest BCUT2D eigenvalue weighted by Crippen LogP contribution is 2.14. The van der Waals surface area contributed by atoms with Gasteiger partial charge in [-0.3, -0.25) is 14.4 Å². The molecule has 0 spiro atoms. The topological polar surface area (TPSA) is 78.9 Å². The second-order valence-electron chi connectivity index (χ2n) is 16.3. The summed E-state index contributed by atoms with van der Waals surface area (Å²) in [5, 5.41) is 0. The lowest BCUT2D eigenvalue weighted by Gasteiger charge is -2.18. The molecule has 0 unspecified atom stereocenters. The molecule has 0 amide bonds. The van der Waals surface area contributed by atoms with Crippen LogP contribution in [0, 0.1) is 0 Å². The zero-order valence-electron chi connectivity index (χ0n) is 38.8. The van der Waals surface area contributed by atoms with Crippen LogP contribution in [0.1, 0.15) is 239 Å². The second-order valence-corrected chi connectivity index (χ2v) is 16.3. The molecule has 0 bridgehead atoms. The van der Waals surface area contributed by atoms with Gasteiger partial charge in [-0.15, -0.1) is 0 Å². The average Bonchev–Trinajstić information content (AvgIpc) is 3.23. The molecule has 0 N–H and O–H groups in total. The van der Waals surface area contributed by atoms with E-state index in [0.29, 0.717) is 19.3 Å². The van der Waals surface area contributed by atoms with E-state index in [9.17, 15) is 14.4 Å². The predicted octanol–water partition coefficient (Wildman–Crippen LogP) is 16.1. The quantitative estimate of drug-likeness (QED) is 0.0263. The van der Waals surface area contributed by atoms with Crippen molar-refractivity contribution >= 4 is 17.9 Å². The maximum atomic E-state index is 12.8. The number of rotatable bonds is 44. The molecule has 0 aliphatic heterocycles. The van der Waals surface area contributed by atoms with Gasteiger partial charge in [0.2, 0.25) is 0 Å². The second kappa shape index (κ2) is 47.8. The van der Waals surface area contributed by atoms with E-state index in [4.69, 9.17) is 14.2 Å². The summed E-state index contributed by atoms with van der Waals surface area (Å²) in [7, 11) is 0. The largest absolute Gasteiger partial charge is 0.462 e. The van der Waals surface area contributed by atoms with Gasteiger partial charge in [-0.2, -0.15) is 0 Å². The molecule has 0 aromatic rings. The van der Waals surface area contributed by atoms with Crippen LogP contribution in [-0.4, -0.2) is 37.2 Å². The van der Waals surface area contributed by atoms with E-state index < -0.39 is 6.10 Å². The summed E-state index contributed by atoms with van der Waals surface area (Å²) in [6, 6.07) is 0. The lowest BCUT2D eigenvalue weighted by Crippen LogP contribution is -2.30. The van der Waals surface area contributed by atoms with Crippen LogP contribution in [0.5, 0.6) is 0 Å². The van der Waals surface area contributed by atoms with Crippen molar-refractivity contribution in [1.29, 1.82) is 0 Å². The zero-order chi connectivity index (χ0) is 43.0. The van der Waals surface area contributed by atoms with Gasteiger partial charge in [-0.25, -0.2) is 0 Å². The summed E-state index contributed by atoms with van der Waals surface area (Å²) < 4.78 is 16.7. The van der Waals surface area contributed by atoms with Crippen molar-refractivity contribution < 1.29 is 28.6 Å². The third-order valence-electron chi connectivity index (χ3n) is 10.5. The van der Waals surface area contributed by atoms with Crippen molar-refractivity contribution in [3.63, 3.8) is 0 Å². The van der Waals surface area contributed by atoms with Gasteiger partial charge in [0, 0.05) is 19.3 Å². The Bertz CT molecular complexity index is 1090. The summed E-state index contributed by atoms with van der Waals surface area (Å²) in [6.07, 6.45) is 57.7. The first-order valence-corrected chi connectivity index (χ1v) is 24.8. The minimum Gasteiger partial charge on any atom is -0.462 e. The minimum atomic E-state index is -0.787. The Kier molecular flexibility index (Phi) is 45.4. The maximum Gasteiger partial charge on any atom is 0.306 e. The van der Waals surface area contributed by atoms with Crippen LogP contribution in [0.2, 0.25) is 0 Å². The maximum absolute atomic E-state index is 12.8. The average molecular weight is 825 g/mol. The molecular weight excluding hydrogens is 733 g/mol. The van der Waals surface area contributed by atoms with Gasteiger partial charge in [-0.1, -0.05) is 184 Å².